The van der Waals surface area contributed by atoms with Gasteiger partial charge in [0, 0.05) is 19.3 Å². The van der Waals surface area contributed by atoms with Crippen LogP contribution < -0.4 is 0 Å². The van der Waals surface area contributed by atoms with E-state index in [1.807, 2.05) is 0 Å². The van der Waals surface area contributed by atoms with E-state index in [9.17, 15) is 14.4 Å². The summed E-state index contributed by atoms with van der Waals surface area (Å²) < 4.78 is 16.8. The predicted octanol–water partition coefficient (Wildman–Crippen LogP) is 18.8. The van der Waals surface area contributed by atoms with Gasteiger partial charge in [-0.15, -0.1) is 0 Å². The number of carbonyl (C=O) groups excluding carboxylic acids is 3. The van der Waals surface area contributed by atoms with Crippen molar-refractivity contribution in [3.05, 3.63) is 85.1 Å². The molecule has 67 heavy (non-hydrogen) atoms. The highest BCUT2D eigenvalue weighted by Crippen LogP contribution is 2.14. The third kappa shape index (κ3) is 53.4. The molecule has 0 aromatic rings. The van der Waals surface area contributed by atoms with Crippen LogP contribution >= 0.6 is 0 Å². The van der Waals surface area contributed by atoms with Crippen molar-refractivity contribution in [1.82, 2.24) is 0 Å². The molecular weight excluding hydrogens is 829 g/mol. The van der Waals surface area contributed by atoms with Crippen molar-refractivity contribution < 1.29 is 28.6 Å². The molecule has 0 radical (unpaired) electrons. The fourth-order valence-electron chi connectivity index (χ4n) is 7.58. The lowest BCUT2D eigenvalue weighted by atomic mass is 10.1. The first-order chi connectivity index (χ1) is 33.0. The van der Waals surface area contributed by atoms with Gasteiger partial charge in [0.05, 0.1) is 0 Å². The number of hydrogen-bond donors (Lipinski definition) is 0. The molecule has 0 saturated heterocycles. The molecule has 384 valence electrons. The van der Waals surface area contributed by atoms with Crippen molar-refractivity contribution in [1.29, 1.82) is 0 Å². The monoisotopic (exact) mass is 933 g/mol. The Morgan fingerprint density at radius 2 is 0.552 bits per heavy atom. The van der Waals surface area contributed by atoms with Gasteiger partial charge in [0.15, 0.2) is 6.10 Å². The number of esters is 3. The Bertz CT molecular complexity index is 1300. The molecule has 6 nitrogen and oxygen atoms in total. The van der Waals surface area contributed by atoms with E-state index in [2.05, 4.69) is 106 Å². The average molecular weight is 933 g/mol. The zero-order valence-electron chi connectivity index (χ0n) is 43.9. The smallest absolute Gasteiger partial charge is 0.306 e. The van der Waals surface area contributed by atoms with Gasteiger partial charge >= 0.3 is 17.9 Å². The van der Waals surface area contributed by atoms with E-state index in [1.165, 1.54) is 135 Å². The van der Waals surface area contributed by atoms with Crippen LogP contribution in [-0.2, 0) is 28.6 Å². The predicted molar refractivity (Wildman–Crippen MR) is 288 cm³/mol. The Morgan fingerprint density at radius 3 is 0.940 bits per heavy atom. The van der Waals surface area contributed by atoms with Gasteiger partial charge in [-0.3, -0.25) is 14.4 Å². The third-order valence-electron chi connectivity index (χ3n) is 11.8. The third-order valence-corrected chi connectivity index (χ3v) is 11.8. The maximum Gasteiger partial charge on any atom is 0.306 e. The topological polar surface area (TPSA) is 78.9 Å². The van der Waals surface area contributed by atoms with Crippen LogP contribution in [-0.4, -0.2) is 37.2 Å². The summed E-state index contributed by atoms with van der Waals surface area (Å²) in [5.41, 5.74) is 0. The molecule has 0 amide bonds. The summed E-state index contributed by atoms with van der Waals surface area (Å²) in [4.78, 5) is 38.1. The Morgan fingerprint density at radius 1 is 0.299 bits per heavy atom. The Labute approximate surface area is 414 Å². The first-order valence-electron chi connectivity index (χ1n) is 28.1. The van der Waals surface area contributed by atoms with Crippen molar-refractivity contribution in [2.24, 2.45) is 0 Å². The summed E-state index contributed by atoms with van der Waals surface area (Å²) in [7, 11) is 0. The number of hydrogen-bond acceptors (Lipinski definition) is 6. The maximum atomic E-state index is 12.8. The van der Waals surface area contributed by atoms with Crippen molar-refractivity contribution in [3.63, 3.8) is 0 Å². The lowest BCUT2D eigenvalue weighted by molar-refractivity contribution is -0.167. The van der Waals surface area contributed by atoms with E-state index >= 15 is 0 Å². The largest absolute Gasteiger partial charge is 0.462 e. The fraction of sp³-hybridized carbons (Fsp3) is 0.721. The molecule has 0 spiro atoms. The molecule has 1 atom stereocenters. The van der Waals surface area contributed by atoms with E-state index in [4.69, 9.17) is 14.2 Å². The summed E-state index contributed by atoms with van der Waals surface area (Å²) in [6.45, 7) is 6.53. The second-order valence-corrected chi connectivity index (χ2v) is 18.5. The second-order valence-electron chi connectivity index (χ2n) is 18.5. The molecule has 0 aromatic carbocycles. The molecular formula is C61H104O6. The normalized spacial score (nSPS) is 12.7. The SMILES string of the molecule is CCCCC/C=C\C/C=C\C/C=C\C/C=C\CCCC(=O)OC[C@@H](COC(=O)CCCCCCC/C=C\CCCCCCCC)OC(=O)CCCCCCCCC/C=C\C/C=C\CCCCC. The maximum absolute atomic E-state index is 12.8. The standard InChI is InChI=1S/C61H104O6/c1-4-7-10-13-16-19-22-25-28-30-33-36-39-42-45-48-51-54-60(63)66-57-58(56-65-59(62)53-50-47-44-41-38-35-32-27-24-21-18-15-12-9-6-3)67-61(64)55-52-49-46-43-40-37-34-31-29-26-23-20-17-14-11-8-5-2/h16-17,19-20,25-29,32-33,36,42,45,58H,4-15,18,21-24,30-31,34-35,37-41,43-44,46-57H2,1-3H3/b19-16-,20-17-,28-25-,29-26-,32-27-,36-33-,45-42-/t58-/m1/s1. The number of carbonyl (C=O) groups is 3. The van der Waals surface area contributed by atoms with Crippen LogP contribution in [0.4, 0.5) is 0 Å². The molecule has 0 aliphatic rings. The minimum Gasteiger partial charge on any atom is -0.462 e. The van der Waals surface area contributed by atoms with Crippen molar-refractivity contribution >= 4 is 17.9 Å². The fourth-order valence-corrected chi connectivity index (χ4v) is 7.58. The van der Waals surface area contributed by atoms with E-state index in [0.29, 0.717) is 19.3 Å². The zero-order chi connectivity index (χ0) is 48.6. The number of allylic oxidation sites excluding steroid dienone is 14. The molecule has 0 saturated carbocycles. The molecule has 0 rings (SSSR count). The van der Waals surface area contributed by atoms with Crippen molar-refractivity contribution in [2.45, 2.75) is 271 Å². The van der Waals surface area contributed by atoms with Crippen LogP contribution in [0.3, 0.4) is 0 Å². The molecule has 0 aliphatic carbocycles. The molecule has 0 bridgehead atoms. The number of unbranched alkanes of at least 4 members (excludes halogenated alkanes) is 25. The first kappa shape index (κ1) is 63.6. The van der Waals surface area contributed by atoms with E-state index in [-0.39, 0.29) is 37.5 Å². The molecule has 0 heterocycles. The lowest BCUT2D eigenvalue weighted by Gasteiger charge is -2.18. The minimum absolute atomic E-state index is 0.101. The summed E-state index contributed by atoms with van der Waals surface area (Å²) >= 11 is 0. The molecule has 0 aromatic heterocycles. The highest BCUT2D eigenvalue weighted by molar-refractivity contribution is 5.71. The zero-order valence-corrected chi connectivity index (χ0v) is 43.9. The van der Waals surface area contributed by atoms with Crippen molar-refractivity contribution in [2.75, 3.05) is 13.2 Å². The van der Waals surface area contributed by atoms with Crippen LogP contribution in [0.5, 0.6) is 0 Å². The summed E-state index contributed by atoms with van der Waals surface area (Å²) in [5, 5.41) is 0. The van der Waals surface area contributed by atoms with Crippen LogP contribution in [0.25, 0.3) is 0 Å². The number of ether oxygens (including phenoxy) is 3. The molecule has 0 unspecified atom stereocenters. The molecule has 6 heteroatoms. The number of rotatable bonds is 50. The van der Waals surface area contributed by atoms with Crippen LogP contribution in [0.1, 0.15) is 265 Å². The van der Waals surface area contributed by atoms with Gasteiger partial charge in [0.2, 0.25) is 0 Å². The minimum atomic E-state index is -0.807. The molecule has 0 aliphatic heterocycles. The molecule has 0 N–H and O–H groups in total. The highest BCUT2D eigenvalue weighted by Gasteiger charge is 2.19. The van der Waals surface area contributed by atoms with E-state index in [1.54, 1.807) is 0 Å². The van der Waals surface area contributed by atoms with Gasteiger partial charge in [-0.25, -0.2) is 0 Å². The Kier molecular flexibility index (Phi) is 52.4. The van der Waals surface area contributed by atoms with Crippen LogP contribution in [0, 0.1) is 0 Å². The van der Waals surface area contributed by atoms with Gasteiger partial charge in [-0.05, 0) is 116 Å². The van der Waals surface area contributed by atoms with Gasteiger partial charge in [-0.1, -0.05) is 215 Å². The Balaban J connectivity index is 4.50. The van der Waals surface area contributed by atoms with Crippen molar-refractivity contribution in [3.8, 4) is 0 Å². The van der Waals surface area contributed by atoms with Gasteiger partial charge in [-0.2, -0.15) is 0 Å². The van der Waals surface area contributed by atoms with E-state index < -0.39 is 6.10 Å². The summed E-state index contributed by atoms with van der Waals surface area (Å²) in [5.74, 6) is -0.972. The van der Waals surface area contributed by atoms with Crippen LogP contribution in [0.2, 0.25) is 0 Å². The summed E-state index contributed by atoms with van der Waals surface area (Å²) in [6, 6.07) is 0. The Hall–Kier alpha value is -3.41. The van der Waals surface area contributed by atoms with Gasteiger partial charge in [0.25, 0.3) is 0 Å². The average Bonchev–Trinajstić information content (AvgIpc) is 3.33. The van der Waals surface area contributed by atoms with Gasteiger partial charge in [0.1, 0.15) is 13.2 Å². The first-order valence-corrected chi connectivity index (χ1v) is 28.1. The summed E-state index contributed by atoms with van der Waals surface area (Å²) in [6.07, 6.45) is 71.4. The van der Waals surface area contributed by atoms with Gasteiger partial charge < -0.3 is 14.2 Å². The lowest BCUT2D eigenvalue weighted by Crippen LogP contribution is -2.30. The molecule has 0 fully saturated rings. The second kappa shape index (κ2) is 55.2. The quantitative estimate of drug-likeness (QED) is 0.0262. The van der Waals surface area contributed by atoms with Crippen LogP contribution in [0.15, 0.2) is 85.1 Å². The highest BCUT2D eigenvalue weighted by atomic mass is 16.6. The van der Waals surface area contributed by atoms with E-state index in [0.717, 1.165) is 83.5 Å².